The molecule has 1 heterocycles. The van der Waals surface area contributed by atoms with Crippen LogP contribution in [0.2, 0.25) is 0 Å². The van der Waals surface area contributed by atoms with Gasteiger partial charge in [0.25, 0.3) is 0 Å². The Morgan fingerprint density at radius 1 is 1.30 bits per heavy atom. The third-order valence-corrected chi connectivity index (χ3v) is 3.30. The Morgan fingerprint density at radius 2 is 1.96 bits per heavy atom. The number of aryl methyl sites for hydroxylation is 1. The summed E-state index contributed by atoms with van der Waals surface area (Å²) in [6.07, 6.45) is 0. The van der Waals surface area contributed by atoms with Crippen LogP contribution in [0, 0.1) is 18.3 Å². The normalized spacial score (nSPS) is 11.9. The van der Waals surface area contributed by atoms with Crippen LogP contribution in [-0.4, -0.2) is 10.9 Å². The fraction of sp³-hybridized carbons (Fsp3) is 0.278. The smallest absolute Gasteiger partial charge is 0.169 e. The fourth-order valence-corrected chi connectivity index (χ4v) is 1.80. The van der Waals surface area contributed by atoms with Crippen LogP contribution in [-0.2, 0) is 5.41 Å². The second-order valence-electron chi connectivity index (χ2n) is 6.35. The minimum Gasteiger partial charge on any atom is -0.360 e. The maximum atomic E-state index is 9.31. The average Bonchev–Trinajstić information content (AvgIpc) is 2.99. The molecule has 0 bridgehead atoms. The van der Waals surface area contributed by atoms with Gasteiger partial charge in [-0.1, -0.05) is 50.2 Å². The quantitative estimate of drug-likeness (QED) is 0.675. The third kappa shape index (κ3) is 4.07. The lowest BCUT2D eigenvalue weighted by Gasteiger charge is -2.12. The van der Waals surface area contributed by atoms with E-state index in [1.807, 2.05) is 58.0 Å². The Morgan fingerprint density at radius 3 is 2.48 bits per heavy atom. The van der Waals surface area contributed by atoms with E-state index in [-0.39, 0.29) is 11.1 Å². The van der Waals surface area contributed by atoms with Crippen molar-refractivity contribution in [2.45, 2.75) is 33.1 Å². The topological polar surface area (TPSA) is 74.2 Å². The summed E-state index contributed by atoms with van der Waals surface area (Å²) in [6.45, 7) is 12.0. The van der Waals surface area contributed by atoms with E-state index in [0.29, 0.717) is 11.3 Å². The zero-order valence-electron chi connectivity index (χ0n) is 13.8. The molecule has 0 aliphatic rings. The highest BCUT2D eigenvalue weighted by Crippen LogP contribution is 2.25. The van der Waals surface area contributed by atoms with Gasteiger partial charge in [-0.25, -0.2) is 0 Å². The van der Waals surface area contributed by atoms with Crippen LogP contribution in [0.15, 0.2) is 46.5 Å². The Labute approximate surface area is 136 Å². The van der Waals surface area contributed by atoms with Crippen molar-refractivity contribution in [3.8, 4) is 6.07 Å². The molecule has 118 valence electrons. The second kappa shape index (κ2) is 6.49. The summed E-state index contributed by atoms with van der Waals surface area (Å²) in [5.74, 6) is 0.734. The Bertz CT molecular complexity index is 771. The molecule has 2 aromatic rings. The molecule has 0 spiro atoms. The van der Waals surface area contributed by atoms with Gasteiger partial charge in [0, 0.05) is 17.1 Å². The monoisotopic (exact) mass is 308 g/mol. The summed E-state index contributed by atoms with van der Waals surface area (Å²) in [5.41, 5.74) is 5.76. The molecule has 0 saturated heterocycles. The Kier molecular flexibility index (Phi) is 4.65. The molecule has 0 aliphatic heterocycles. The molecule has 0 radical (unpaired) electrons. The summed E-state index contributed by atoms with van der Waals surface area (Å²) in [5, 5.41) is 17.4. The minimum atomic E-state index is -0.157. The molecule has 1 aromatic heterocycles. The molecule has 0 aliphatic carbocycles. The van der Waals surface area contributed by atoms with Gasteiger partial charge >= 0.3 is 0 Å². The maximum Gasteiger partial charge on any atom is 0.169 e. The molecule has 1 N–H and O–H groups in total. The first kappa shape index (κ1) is 16.5. The Hall–Kier alpha value is -2.87. The number of nitrogens with zero attached hydrogens (tertiary/aromatic N) is 3. The van der Waals surface area contributed by atoms with Gasteiger partial charge in [0.05, 0.1) is 5.69 Å². The molecule has 5 heteroatoms. The predicted molar refractivity (Wildman–Crippen MR) is 92.1 cm³/mol. The van der Waals surface area contributed by atoms with Crippen molar-refractivity contribution in [1.29, 1.82) is 5.26 Å². The molecule has 0 atom stereocenters. The van der Waals surface area contributed by atoms with E-state index in [1.54, 1.807) is 6.07 Å². The van der Waals surface area contributed by atoms with Gasteiger partial charge in [0.1, 0.15) is 17.5 Å². The molecule has 1 aromatic carbocycles. The van der Waals surface area contributed by atoms with Crippen molar-refractivity contribution in [3.63, 3.8) is 0 Å². The fourth-order valence-electron chi connectivity index (χ4n) is 1.80. The van der Waals surface area contributed by atoms with Crippen LogP contribution in [0.4, 0.5) is 5.69 Å². The number of allylic oxidation sites excluding steroid dienone is 1. The predicted octanol–water partition coefficient (Wildman–Crippen LogP) is 4.29. The number of benzene rings is 1. The van der Waals surface area contributed by atoms with Gasteiger partial charge < -0.3 is 4.52 Å². The molecule has 0 unspecified atom stereocenters. The number of nitriles is 1. The zero-order valence-corrected chi connectivity index (χ0v) is 13.8. The van der Waals surface area contributed by atoms with E-state index in [4.69, 9.17) is 4.52 Å². The van der Waals surface area contributed by atoms with E-state index >= 15 is 0 Å². The summed E-state index contributed by atoms with van der Waals surface area (Å²) < 4.78 is 5.33. The van der Waals surface area contributed by atoms with Crippen molar-refractivity contribution in [2.24, 2.45) is 5.10 Å². The largest absolute Gasteiger partial charge is 0.360 e. The van der Waals surface area contributed by atoms with Crippen molar-refractivity contribution in [2.75, 3.05) is 5.43 Å². The number of hydrazone groups is 1. The first-order valence-electron chi connectivity index (χ1n) is 7.28. The molecular formula is C18H20N4O. The lowest BCUT2D eigenvalue weighted by molar-refractivity contribution is 0.328. The molecule has 0 fully saturated rings. The summed E-state index contributed by atoms with van der Waals surface area (Å²) in [7, 11) is 0. The number of hydrogen-bond donors (Lipinski definition) is 1. The van der Waals surface area contributed by atoms with Crippen molar-refractivity contribution in [3.05, 3.63) is 53.9 Å². The molecule has 23 heavy (non-hydrogen) atoms. The minimum absolute atomic E-state index is 0.157. The van der Waals surface area contributed by atoms with Crippen molar-refractivity contribution in [1.82, 2.24) is 5.16 Å². The van der Waals surface area contributed by atoms with Crippen LogP contribution in [0.3, 0.4) is 0 Å². The Balaban J connectivity index is 2.18. The lowest BCUT2D eigenvalue weighted by Crippen LogP contribution is -2.09. The summed E-state index contributed by atoms with van der Waals surface area (Å²) >= 11 is 0. The van der Waals surface area contributed by atoms with Crippen LogP contribution in [0.5, 0.6) is 0 Å². The highest BCUT2D eigenvalue weighted by atomic mass is 16.5. The average molecular weight is 308 g/mol. The van der Waals surface area contributed by atoms with Crippen molar-refractivity contribution >= 4 is 17.0 Å². The van der Waals surface area contributed by atoms with Gasteiger partial charge in [-0.15, -0.1) is 0 Å². The number of anilines is 1. The van der Waals surface area contributed by atoms with E-state index in [2.05, 4.69) is 22.3 Å². The van der Waals surface area contributed by atoms with Crippen LogP contribution >= 0.6 is 0 Å². The zero-order chi connectivity index (χ0) is 17.0. The number of rotatable bonds is 4. The summed E-state index contributed by atoms with van der Waals surface area (Å²) in [6, 6.07) is 11.5. The van der Waals surface area contributed by atoms with Gasteiger partial charge in [0.2, 0.25) is 0 Å². The SMILES string of the molecule is C=C(/C(C#N)=N/Nc1ccc(C)cc1)c1cc(C(C)(C)C)on1. The lowest BCUT2D eigenvalue weighted by atomic mass is 9.92. The van der Waals surface area contributed by atoms with Crippen molar-refractivity contribution < 1.29 is 4.52 Å². The highest BCUT2D eigenvalue weighted by Gasteiger charge is 2.21. The molecule has 2 rings (SSSR count). The van der Waals surface area contributed by atoms with E-state index in [9.17, 15) is 5.26 Å². The first-order valence-corrected chi connectivity index (χ1v) is 7.28. The van der Waals surface area contributed by atoms with E-state index in [1.165, 1.54) is 0 Å². The molecule has 0 amide bonds. The van der Waals surface area contributed by atoms with Crippen LogP contribution in [0.1, 0.15) is 37.8 Å². The number of hydrogen-bond acceptors (Lipinski definition) is 5. The summed E-state index contributed by atoms with van der Waals surface area (Å²) in [4.78, 5) is 0. The van der Waals surface area contributed by atoms with Gasteiger partial charge in [0.15, 0.2) is 5.71 Å². The van der Waals surface area contributed by atoms with Gasteiger partial charge in [-0.2, -0.15) is 10.4 Å². The van der Waals surface area contributed by atoms with Crippen LogP contribution < -0.4 is 5.43 Å². The van der Waals surface area contributed by atoms with Crippen LogP contribution in [0.25, 0.3) is 5.57 Å². The standard InChI is InChI=1S/C18H20N4O/c1-12-6-8-14(9-7-12)20-21-16(11-19)13(2)15-10-17(23-22-15)18(3,4)5/h6-10,20H,2H2,1,3-5H3/b21-16+. The molecular weight excluding hydrogens is 288 g/mol. The van der Waals surface area contributed by atoms with Gasteiger partial charge in [-0.05, 0) is 19.1 Å². The van der Waals surface area contributed by atoms with E-state index < -0.39 is 0 Å². The third-order valence-electron chi connectivity index (χ3n) is 3.30. The number of nitrogens with one attached hydrogen (secondary N) is 1. The van der Waals surface area contributed by atoms with E-state index in [0.717, 1.165) is 17.0 Å². The van der Waals surface area contributed by atoms with Gasteiger partial charge in [-0.3, -0.25) is 5.43 Å². The maximum absolute atomic E-state index is 9.31. The number of aromatic nitrogens is 1. The first-order chi connectivity index (χ1) is 10.8. The highest BCUT2D eigenvalue weighted by molar-refractivity contribution is 6.30. The molecule has 5 nitrogen and oxygen atoms in total. The molecule has 0 saturated carbocycles. The second-order valence-corrected chi connectivity index (χ2v) is 6.35.